The van der Waals surface area contributed by atoms with Gasteiger partial charge in [0.15, 0.2) is 0 Å². The molecule has 18 heavy (non-hydrogen) atoms. The van der Waals surface area contributed by atoms with E-state index in [-0.39, 0.29) is 12.4 Å². The standard InChI is InChI=1S/C14H19ClN2.ClH/c15-14-3-1-2-11(6-14)9-17-5-4-12-7-16-8-13(12)10-17;/h1-3,6,12-13,16H,4-5,7-10H2;1H. The maximum absolute atomic E-state index is 6.02. The van der Waals surface area contributed by atoms with Crippen molar-refractivity contribution in [3.63, 3.8) is 0 Å². The van der Waals surface area contributed by atoms with Crippen LogP contribution in [0.15, 0.2) is 24.3 Å². The number of likely N-dealkylation sites (tertiary alicyclic amines) is 1. The fourth-order valence-electron chi connectivity index (χ4n) is 3.15. The average Bonchev–Trinajstić information content (AvgIpc) is 2.76. The molecule has 0 amide bonds. The SMILES string of the molecule is Cl.Clc1cccc(CN2CCC3CNCC3C2)c1. The topological polar surface area (TPSA) is 15.3 Å². The molecule has 2 aliphatic heterocycles. The summed E-state index contributed by atoms with van der Waals surface area (Å²) in [5.74, 6) is 1.79. The third kappa shape index (κ3) is 3.18. The number of fused-ring (bicyclic) bond motifs is 1. The number of hydrogen-bond donors (Lipinski definition) is 1. The van der Waals surface area contributed by atoms with Crippen LogP contribution in [-0.4, -0.2) is 31.1 Å². The van der Waals surface area contributed by atoms with Crippen molar-refractivity contribution < 1.29 is 0 Å². The highest BCUT2D eigenvalue weighted by molar-refractivity contribution is 6.30. The molecule has 0 bridgehead atoms. The van der Waals surface area contributed by atoms with E-state index in [9.17, 15) is 0 Å². The minimum Gasteiger partial charge on any atom is -0.316 e. The molecule has 0 aliphatic carbocycles. The molecule has 0 aromatic heterocycles. The van der Waals surface area contributed by atoms with E-state index in [2.05, 4.69) is 22.3 Å². The summed E-state index contributed by atoms with van der Waals surface area (Å²) in [6.45, 7) is 5.95. The number of nitrogens with zero attached hydrogens (tertiary/aromatic N) is 1. The molecule has 1 aromatic carbocycles. The monoisotopic (exact) mass is 286 g/mol. The second kappa shape index (κ2) is 6.25. The van der Waals surface area contributed by atoms with Gasteiger partial charge in [-0.1, -0.05) is 23.7 Å². The second-order valence-corrected chi connectivity index (χ2v) is 5.77. The first-order chi connectivity index (χ1) is 8.31. The molecule has 2 atom stereocenters. The minimum atomic E-state index is 0. The van der Waals surface area contributed by atoms with Crippen LogP contribution in [0.25, 0.3) is 0 Å². The van der Waals surface area contributed by atoms with Crippen molar-refractivity contribution in [2.75, 3.05) is 26.2 Å². The number of piperidine rings is 1. The predicted octanol–water partition coefficient (Wildman–Crippen LogP) is 2.80. The van der Waals surface area contributed by atoms with Gasteiger partial charge >= 0.3 is 0 Å². The number of hydrogen-bond acceptors (Lipinski definition) is 2. The lowest BCUT2D eigenvalue weighted by molar-refractivity contribution is 0.142. The van der Waals surface area contributed by atoms with Crippen molar-refractivity contribution in [1.29, 1.82) is 0 Å². The lowest BCUT2D eigenvalue weighted by Crippen LogP contribution is -2.39. The molecule has 0 spiro atoms. The van der Waals surface area contributed by atoms with Crippen LogP contribution in [0.3, 0.4) is 0 Å². The van der Waals surface area contributed by atoms with E-state index in [4.69, 9.17) is 11.6 Å². The van der Waals surface area contributed by atoms with Crippen molar-refractivity contribution in [3.8, 4) is 0 Å². The molecule has 2 heterocycles. The normalized spacial score (nSPS) is 27.6. The smallest absolute Gasteiger partial charge is 0.0409 e. The molecular formula is C14H20Cl2N2. The van der Waals surface area contributed by atoms with Crippen LogP contribution in [-0.2, 0) is 6.54 Å². The fourth-order valence-corrected chi connectivity index (χ4v) is 3.36. The summed E-state index contributed by atoms with van der Waals surface area (Å²) in [5.41, 5.74) is 1.34. The first-order valence-electron chi connectivity index (χ1n) is 6.49. The summed E-state index contributed by atoms with van der Waals surface area (Å²) in [7, 11) is 0. The number of rotatable bonds is 2. The van der Waals surface area contributed by atoms with E-state index in [0.717, 1.165) is 23.4 Å². The van der Waals surface area contributed by atoms with Crippen LogP contribution >= 0.6 is 24.0 Å². The number of nitrogens with one attached hydrogen (secondary N) is 1. The Hall–Kier alpha value is -0.280. The zero-order valence-electron chi connectivity index (χ0n) is 10.4. The summed E-state index contributed by atoms with van der Waals surface area (Å²) in [4.78, 5) is 2.57. The van der Waals surface area contributed by atoms with Gasteiger partial charge < -0.3 is 5.32 Å². The van der Waals surface area contributed by atoms with E-state index < -0.39 is 0 Å². The molecular weight excluding hydrogens is 267 g/mol. The molecule has 2 unspecified atom stereocenters. The van der Waals surface area contributed by atoms with E-state index in [0.29, 0.717) is 0 Å². The van der Waals surface area contributed by atoms with Gasteiger partial charge in [0.2, 0.25) is 0 Å². The highest BCUT2D eigenvalue weighted by atomic mass is 35.5. The van der Waals surface area contributed by atoms with Gasteiger partial charge in [-0.15, -0.1) is 12.4 Å². The van der Waals surface area contributed by atoms with Crippen LogP contribution in [0.1, 0.15) is 12.0 Å². The highest BCUT2D eigenvalue weighted by Gasteiger charge is 2.32. The molecule has 4 heteroatoms. The van der Waals surface area contributed by atoms with Gasteiger partial charge in [0, 0.05) is 18.1 Å². The first kappa shape index (κ1) is 14.1. The zero-order valence-corrected chi connectivity index (χ0v) is 12.0. The van der Waals surface area contributed by atoms with Crippen molar-refractivity contribution in [3.05, 3.63) is 34.9 Å². The summed E-state index contributed by atoms with van der Waals surface area (Å²) < 4.78 is 0. The molecule has 0 saturated carbocycles. The summed E-state index contributed by atoms with van der Waals surface area (Å²) >= 11 is 6.02. The average molecular weight is 287 g/mol. The van der Waals surface area contributed by atoms with E-state index in [1.165, 1.54) is 38.2 Å². The Balaban J connectivity index is 0.00000120. The van der Waals surface area contributed by atoms with Gasteiger partial charge in [0.25, 0.3) is 0 Å². The second-order valence-electron chi connectivity index (χ2n) is 5.33. The van der Waals surface area contributed by atoms with Crippen LogP contribution in [0.4, 0.5) is 0 Å². The Bertz CT molecular complexity index is 397. The number of halogens is 2. The zero-order chi connectivity index (χ0) is 11.7. The van der Waals surface area contributed by atoms with Gasteiger partial charge in [-0.2, -0.15) is 0 Å². The molecule has 1 N–H and O–H groups in total. The molecule has 2 saturated heterocycles. The summed E-state index contributed by atoms with van der Waals surface area (Å²) in [6, 6.07) is 8.24. The van der Waals surface area contributed by atoms with Crippen LogP contribution in [0, 0.1) is 11.8 Å². The van der Waals surface area contributed by atoms with E-state index in [1.54, 1.807) is 0 Å². The molecule has 2 aliphatic rings. The maximum atomic E-state index is 6.02. The van der Waals surface area contributed by atoms with Gasteiger partial charge in [-0.25, -0.2) is 0 Å². The van der Waals surface area contributed by atoms with Crippen molar-refractivity contribution in [2.45, 2.75) is 13.0 Å². The largest absolute Gasteiger partial charge is 0.316 e. The van der Waals surface area contributed by atoms with E-state index >= 15 is 0 Å². The lowest BCUT2D eigenvalue weighted by Gasteiger charge is -2.34. The van der Waals surface area contributed by atoms with Gasteiger partial charge in [0.1, 0.15) is 0 Å². The molecule has 2 nitrogen and oxygen atoms in total. The Labute approximate surface area is 120 Å². The highest BCUT2D eigenvalue weighted by Crippen LogP contribution is 2.27. The molecule has 100 valence electrons. The Morgan fingerprint density at radius 1 is 1.28 bits per heavy atom. The third-order valence-corrected chi connectivity index (χ3v) is 4.32. The van der Waals surface area contributed by atoms with Crippen LogP contribution in [0.5, 0.6) is 0 Å². The van der Waals surface area contributed by atoms with Crippen LogP contribution < -0.4 is 5.32 Å². The van der Waals surface area contributed by atoms with Gasteiger partial charge in [-0.05, 0) is 55.6 Å². The Kier molecular flexibility index (Phi) is 4.91. The lowest BCUT2D eigenvalue weighted by atomic mass is 9.88. The molecule has 1 aromatic rings. The Morgan fingerprint density at radius 2 is 2.11 bits per heavy atom. The quantitative estimate of drug-likeness (QED) is 0.900. The Morgan fingerprint density at radius 3 is 2.94 bits per heavy atom. The van der Waals surface area contributed by atoms with Crippen molar-refractivity contribution in [1.82, 2.24) is 10.2 Å². The van der Waals surface area contributed by atoms with Gasteiger partial charge in [0.05, 0.1) is 0 Å². The first-order valence-corrected chi connectivity index (χ1v) is 6.86. The third-order valence-electron chi connectivity index (χ3n) is 4.08. The van der Waals surface area contributed by atoms with Crippen molar-refractivity contribution in [2.24, 2.45) is 11.8 Å². The molecule has 3 rings (SSSR count). The van der Waals surface area contributed by atoms with Gasteiger partial charge in [-0.3, -0.25) is 4.90 Å². The summed E-state index contributed by atoms with van der Waals surface area (Å²) in [6.07, 6.45) is 1.35. The van der Waals surface area contributed by atoms with E-state index in [1.807, 2.05) is 12.1 Å². The number of benzene rings is 1. The van der Waals surface area contributed by atoms with Crippen molar-refractivity contribution >= 4 is 24.0 Å². The minimum absolute atomic E-state index is 0. The molecule has 0 radical (unpaired) electrons. The molecule has 2 fully saturated rings. The maximum Gasteiger partial charge on any atom is 0.0409 e. The summed E-state index contributed by atoms with van der Waals surface area (Å²) in [5, 5.41) is 4.36. The van der Waals surface area contributed by atoms with Crippen LogP contribution in [0.2, 0.25) is 5.02 Å². The fraction of sp³-hybridized carbons (Fsp3) is 0.571. The predicted molar refractivity (Wildman–Crippen MR) is 78.4 cm³/mol.